The number of carbonyl (C=O) groups is 2. The molecule has 0 saturated heterocycles. The van der Waals surface area contributed by atoms with Gasteiger partial charge in [0.1, 0.15) is 6.04 Å². The summed E-state index contributed by atoms with van der Waals surface area (Å²) in [4.78, 5) is 23.6. The molecule has 0 radical (unpaired) electrons. The van der Waals surface area contributed by atoms with Crippen LogP contribution in [-0.2, 0) is 16.0 Å². The number of nitrogens with one attached hydrogen (secondary N) is 1. The van der Waals surface area contributed by atoms with E-state index in [4.69, 9.17) is 5.11 Å². The number of carboxylic acids is 1. The van der Waals surface area contributed by atoms with Crippen LogP contribution in [-0.4, -0.2) is 28.3 Å². The predicted octanol–water partition coefficient (Wildman–Crippen LogP) is 1.29. The number of rotatable bonds is 3. The van der Waals surface area contributed by atoms with Gasteiger partial charge in [0, 0.05) is 4.90 Å². The van der Waals surface area contributed by atoms with Gasteiger partial charge in [0.2, 0.25) is 5.91 Å². The smallest absolute Gasteiger partial charge is 0.325 e. The quantitative estimate of drug-likeness (QED) is 0.849. The van der Waals surface area contributed by atoms with Gasteiger partial charge in [-0.25, -0.2) is 0 Å². The van der Waals surface area contributed by atoms with Crippen molar-refractivity contribution in [3.63, 3.8) is 0 Å². The van der Waals surface area contributed by atoms with Crippen molar-refractivity contribution in [3.8, 4) is 0 Å². The number of amides is 1. The summed E-state index contributed by atoms with van der Waals surface area (Å²) in [7, 11) is 0. The van der Waals surface area contributed by atoms with E-state index in [1.54, 1.807) is 0 Å². The zero-order valence-electron chi connectivity index (χ0n) is 9.34. The van der Waals surface area contributed by atoms with Crippen LogP contribution in [0, 0.1) is 0 Å². The molecule has 0 spiro atoms. The Balaban J connectivity index is 1.99. The van der Waals surface area contributed by atoms with Gasteiger partial charge in [-0.2, -0.15) is 0 Å². The highest BCUT2D eigenvalue weighted by atomic mass is 32.2. The van der Waals surface area contributed by atoms with E-state index in [0.29, 0.717) is 6.42 Å². The number of aliphatic carboxylic acids is 1. The standard InChI is InChI=1S/C12H13NO3S/c1-7(12(15)16)13-11(14)10-6-8-4-2-3-5-9(8)17-10/h2-5,7,10H,6H2,1H3,(H,13,14)(H,15,16)/t7-,10?/m0/s1. The maximum absolute atomic E-state index is 11.8. The lowest BCUT2D eigenvalue weighted by atomic mass is 10.1. The highest BCUT2D eigenvalue weighted by Gasteiger charge is 2.29. The lowest BCUT2D eigenvalue weighted by molar-refractivity contribution is -0.141. The van der Waals surface area contributed by atoms with E-state index in [0.717, 1.165) is 10.5 Å². The van der Waals surface area contributed by atoms with Crippen LogP contribution in [0.25, 0.3) is 0 Å². The molecule has 0 fully saturated rings. The van der Waals surface area contributed by atoms with Crippen LogP contribution in [0.5, 0.6) is 0 Å². The molecular formula is C12H13NO3S. The summed E-state index contributed by atoms with van der Waals surface area (Å²) in [5.74, 6) is -1.22. The molecule has 17 heavy (non-hydrogen) atoms. The monoisotopic (exact) mass is 251 g/mol. The summed E-state index contributed by atoms with van der Waals surface area (Å²) in [6.45, 7) is 1.47. The first-order chi connectivity index (χ1) is 8.08. The van der Waals surface area contributed by atoms with Crippen molar-refractivity contribution in [2.75, 3.05) is 0 Å². The van der Waals surface area contributed by atoms with Crippen molar-refractivity contribution < 1.29 is 14.7 Å². The fourth-order valence-electron chi connectivity index (χ4n) is 1.70. The van der Waals surface area contributed by atoms with Gasteiger partial charge in [0.05, 0.1) is 5.25 Å². The number of fused-ring (bicyclic) bond motifs is 1. The highest BCUT2D eigenvalue weighted by molar-refractivity contribution is 8.01. The third kappa shape index (κ3) is 2.61. The van der Waals surface area contributed by atoms with E-state index >= 15 is 0 Å². The molecule has 0 saturated carbocycles. The molecular weight excluding hydrogens is 238 g/mol. The van der Waals surface area contributed by atoms with Gasteiger partial charge in [-0.05, 0) is 25.0 Å². The number of hydrogen-bond donors (Lipinski definition) is 2. The van der Waals surface area contributed by atoms with E-state index < -0.39 is 12.0 Å². The van der Waals surface area contributed by atoms with E-state index in [1.165, 1.54) is 18.7 Å². The topological polar surface area (TPSA) is 66.4 Å². The van der Waals surface area contributed by atoms with Crippen LogP contribution in [0.15, 0.2) is 29.2 Å². The number of hydrogen-bond acceptors (Lipinski definition) is 3. The van der Waals surface area contributed by atoms with Crippen molar-refractivity contribution in [2.45, 2.75) is 29.5 Å². The van der Waals surface area contributed by atoms with Crippen LogP contribution < -0.4 is 5.32 Å². The van der Waals surface area contributed by atoms with Crippen LogP contribution in [0.2, 0.25) is 0 Å². The molecule has 1 aromatic carbocycles. The molecule has 2 atom stereocenters. The van der Waals surface area contributed by atoms with Gasteiger partial charge in [0.15, 0.2) is 0 Å². The summed E-state index contributed by atoms with van der Waals surface area (Å²) < 4.78 is 0. The van der Waals surface area contributed by atoms with Gasteiger partial charge in [-0.1, -0.05) is 18.2 Å². The third-order valence-electron chi connectivity index (χ3n) is 2.67. The van der Waals surface area contributed by atoms with Crippen molar-refractivity contribution in [1.82, 2.24) is 5.32 Å². The summed E-state index contributed by atoms with van der Waals surface area (Å²) in [6, 6.07) is 7.02. The average Bonchev–Trinajstić information content (AvgIpc) is 2.72. The van der Waals surface area contributed by atoms with E-state index in [2.05, 4.69) is 5.32 Å². The van der Waals surface area contributed by atoms with Gasteiger partial charge < -0.3 is 10.4 Å². The highest BCUT2D eigenvalue weighted by Crippen LogP contribution is 2.36. The summed E-state index contributed by atoms with van der Waals surface area (Å²) >= 11 is 1.49. The molecule has 90 valence electrons. The van der Waals surface area contributed by atoms with Crippen LogP contribution in [0.4, 0.5) is 0 Å². The van der Waals surface area contributed by atoms with Crippen molar-refractivity contribution in [3.05, 3.63) is 29.8 Å². The summed E-state index contributed by atoms with van der Waals surface area (Å²) in [6.07, 6.45) is 0.666. The minimum absolute atomic E-state index is 0.207. The fourth-order valence-corrected chi connectivity index (χ4v) is 2.90. The SMILES string of the molecule is C[C@H](NC(=O)C1Cc2ccccc2S1)C(=O)O. The Morgan fingerprint density at radius 3 is 2.82 bits per heavy atom. The van der Waals surface area contributed by atoms with E-state index in [-0.39, 0.29) is 11.2 Å². The van der Waals surface area contributed by atoms with Gasteiger partial charge in [0.25, 0.3) is 0 Å². The summed E-state index contributed by atoms with van der Waals surface area (Å²) in [5.41, 5.74) is 1.15. The minimum atomic E-state index is -1.01. The molecule has 2 N–H and O–H groups in total. The second kappa shape index (κ2) is 4.79. The Morgan fingerprint density at radius 1 is 1.47 bits per heavy atom. The number of benzene rings is 1. The second-order valence-corrected chi connectivity index (χ2v) is 5.23. The van der Waals surface area contributed by atoms with Crippen LogP contribution >= 0.6 is 11.8 Å². The predicted molar refractivity (Wildman–Crippen MR) is 65.0 cm³/mol. The largest absolute Gasteiger partial charge is 0.480 e. The number of carboxylic acid groups (broad SMARTS) is 1. The molecule has 5 heteroatoms. The first-order valence-corrected chi connectivity index (χ1v) is 6.23. The average molecular weight is 251 g/mol. The first kappa shape index (κ1) is 12.0. The summed E-state index contributed by atoms with van der Waals surface area (Å²) in [5, 5.41) is 11.0. The molecule has 1 aliphatic heterocycles. The molecule has 0 bridgehead atoms. The van der Waals surface area contributed by atoms with Crippen molar-refractivity contribution in [1.29, 1.82) is 0 Å². The lowest BCUT2D eigenvalue weighted by Gasteiger charge is -2.12. The third-order valence-corrected chi connectivity index (χ3v) is 3.99. The normalized spacial score (nSPS) is 19.5. The number of thioether (sulfide) groups is 1. The molecule has 1 unspecified atom stereocenters. The zero-order valence-corrected chi connectivity index (χ0v) is 10.2. The maximum atomic E-state index is 11.8. The van der Waals surface area contributed by atoms with Crippen molar-refractivity contribution in [2.24, 2.45) is 0 Å². The molecule has 1 aromatic rings. The Labute approximate surface area is 103 Å². The maximum Gasteiger partial charge on any atom is 0.325 e. The van der Waals surface area contributed by atoms with Crippen LogP contribution in [0.3, 0.4) is 0 Å². The zero-order chi connectivity index (χ0) is 12.4. The van der Waals surface area contributed by atoms with E-state index in [9.17, 15) is 9.59 Å². The molecule has 4 nitrogen and oxygen atoms in total. The molecule has 0 aliphatic carbocycles. The van der Waals surface area contributed by atoms with Gasteiger partial charge >= 0.3 is 5.97 Å². The Morgan fingerprint density at radius 2 is 2.18 bits per heavy atom. The van der Waals surface area contributed by atoms with Crippen molar-refractivity contribution >= 4 is 23.6 Å². The molecule has 2 rings (SSSR count). The Kier molecular flexibility index (Phi) is 3.38. The minimum Gasteiger partial charge on any atom is -0.480 e. The molecule has 0 aromatic heterocycles. The van der Waals surface area contributed by atoms with Gasteiger partial charge in [-0.3, -0.25) is 9.59 Å². The second-order valence-electron chi connectivity index (χ2n) is 3.99. The first-order valence-electron chi connectivity index (χ1n) is 5.35. The van der Waals surface area contributed by atoms with Gasteiger partial charge in [-0.15, -0.1) is 11.8 Å². The fraction of sp³-hybridized carbons (Fsp3) is 0.333. The number of carbonyl (C=O) groups excluding carboxylic acids is 1. The molecule has 1 heterocycles. The Bertz CT molecular complexity index is 436. The van der Waals surface area contributed by atoms with Crippen LogP contribution in [0.1, 0.15) is 12.5 Å². The Hall–Kier alpha value is -1.49. The molecule has 1 amide bonds. The molecule has 1 aliphatic rings. The lowest BCUT2D eigenvalue weighted by Crippen LogP contribution is -2.42. The van der Waals surface area contributed by atoms with E-state index in [1.807, 2.05) is 24.3 Å².